The molecule has 0 bridgehead atoms. The van der Waals surface area contributed by atoms with Crippen molar-refractivity contribution in [3.05, 3.63) is 58.7 Å². The normalized spacial score (nSPS) is 25.6. The van der Waals surface area contributed by atoms with Crippen LogP contribution in [-0.2, 0) is 17.5 Å². The van der Waals surface area contributed by atoms with Crippen molar-refractivity contribution in [2.45, 2.75) is 30.8 Å². The Labute approximate surface area is 147 Å². The van der Waals surface area contributed by atoms with E-state index in [0.717, 1.165) is 28.5 Å². The van der Waals surface area contributed by atoms with E-state index >= 15 is 0 Å². The lowest BCUT2D eigenvalue weighted by Gasteiger charge is -2.37. The van der Waals surface area contributed by atoms with E-state index in [1.807, 2.05) is 18.2 Å². The molecule has 0 spiro atoms. The van der Waals surface area contributed by atoms with Crippen molar-refractivity contribution in [2.75, 3.05) is 13.3 Å². The van der Waals surface area contributed by atoms with Gasteiger partial charge in [-0.25, -0.2) is 0 Å². The maximum Gasteiger partial charge on any atom is 0.416 e. The quantitative estimate of drug-likeness (QED) is 0.901. The van der Waals surface area contributed by atoms with Crippen molar-refractivity contribution in [3.63, 3.8) is 0 Å². The minimum absolute atomic E-state index is 0.0778. The first-order chi connectivity index (χ1) is 12.5. The Morgan fingerprint density at radius 1 is 1.04 bits per heavy atom. The molecule has 5 rings (SSSR count). The second-order valence-electron chi connectivity index (χ2n) is 6.80. The van der Waals surface area contributed by atoms with Gasteiger partial charge in [-0.05, 0) is 41.0 Å². The maximum absolute atomic E-state index is 12.9. The van der Waals surface area contributed by atoms with Gasteiger partial charge in [0.15, 0.2) is 11.5 Å². The molecule has 2 aliphatic heterocycles. The summed E-state index contributed by atoms with van der Waals surface area (Å²) in [6.45, 7) is 1.25. The van der Waals surface area contributed by atoms with Gasteiger partial charge in [-0.15, -0.1) is 0 Å². The van der Waals surface area contributed by atoms with E-state index < -0.39 is 11.7 Å². The highest BCUT2D eigenvalue weighted by molar-refractivity contribution is 5.50. The number of benzene rings is 2. The number of hydrogen-bond donors (Lipinski definition) is 1. The van der Waals surface area contributed by atoms with Crippen LogP contribution in [0.1, 0.15) is 34.1 Å². The first-order valence-corrected chi connectivity index (χ1v) is 8.45. The minimum atomic E-state index is -4.30. The van der Waals surface area contributed by atoms with Gasteiger partial charge < -0.3 is 14.2 Å². The van der Waals surface area contributed by atoms with Crippen LogP contribution in [0.2, 0.25) is 0 Å². The molecule has 1 aliphatic carbocycles. The molecule has 1 N–H and O–H groups in total. The van der Waals surface area contributed by atoms with Crippen LogP contribution < -0.4 is 14.8 Å². The molecule has 3 atom stereocenters. The van der Waals surface area contributed by atoms with Crippen LogP contribution >= 0.6 is 0 Å². The number of fused-ring (bicyclic) bond motifs is 5. The van der Waals surface area contributed by atoms with E-state index in [1.165, 1.54) is 6.07 Å². The molecule has 3 aliphatic rings. The van der Waals surface area contributed by atoms with Gasteiger partial charge in [0.1, 0.15) is 6.23 Å². The van der Waals surface area contributed by atoms with Crippen molar-refractivity contribution < 1.29 is 27.4 Å². The highest BCUT2D eigenvalue weighted by Gasteiger charge is 2.48. The molecule has 0 radical (unpaired) electrons. The Bertz CT molecular complexity index is 868. The van der Waals surface area contributed by atoms with E-state index in [9.17, 15) is 13.2 Å². The molecule has 0 saturated carbocycles. The van der Waals surface area contributed by atoms with Crippen LogP contribution in [0.5, 0.6) is 11.5 Å². The lowest BCUT2D eigenvalue weighted by atomic mass is 9.69. The third-order valence-corrected chi connectivity index (χ3v) is 5.34. The first kappa shape index (κ1) is 16.0. The first-order valence-electron chi connectivity index (χ1n) is 8.45. The summed E-state index contributed by atoms with van der Waals surface area (Å²) in [7, 11) is 0. The predicted molar refractivity (Wildman–Crippen MR) is 86.1 cm³/mol. The molecular weight excluding hydrogens is 347 g/mol. The molecule has 0 amide bonds. The Balaban J connectivity index is 1.29. The minimum Gasteiger partial charge on any atom is -0.454 e. The third-order valence-electron chi connectivity index (χ3n) is 5.34. The summed E-state index contributed by atoms with van der Waals surface area (Å²) < 4.78 is 55.3. The number of nitrogens with one attached hydrogen (secondary N) is 1. The van der Waals surface area contributed by atoms with Crippen LogP contribution in [0, 0.1) is 0 Å². The van der Waals surface area contributed by atoms with E-state index in [-0.39, 0.29) is 24.9 Å². The molecule has 2 aromatic carbocycles. The molecule has 2 aromatic rings. The number of halogens is 3. The topological polar surface area (TPSA) is 39.7 Å². The van der Waals surface area contributed by atoms with Crippen LogP contribution in [0.4, 0.5) is 13.2 Å². The number of ether oxygens (including phenoxy) is 3. The average molecular weight is 363 g/mol. The Hall–Kier alpha value is -2.25. The predicted octanol–water partition coefficient (Wildman–Crippen LogP) is 3.76. The summed E-state index contributed by atoms with van der Waals surface area (Å²) in [6, 6.07) is 9.68. The van der Waals surface area contributed by atoms with Crippen LogP contribution in [0.25, 0.3) is 0 Å². The molecule has 2 heterocycles. The Kier molecular flexibility index (Phi) is 3.45. The van der Waals surface area contributed by atoms with Crippen molar-refractivity contribution >= 4 is 0 Å². The second kappa shape index (κ2) is 5.62. The van der Waals surface area contributed by atoms with Crippen molar-refractivity contribution in [3.8, 4) is 11.5 Å². The standard InChI is InChI=1S/C19H16F3NO3/c20-19(21,22)11-2-3-12-13(6-11)14-7-23-18(17(12)14)24-8-10-1-4-15-16(5-10)26-9-25-15/h1-6,14,17-18,23H,7-9H2. The lowest BCUT2D eigenvalue weighted by molar-refractivity contribution is -0.137. The van der Waals surface area contributed by atoms with Gasteiger partial charge in [0.25, 0.3) is 0 Å². The molecule has 136 valence electrons. The van der Waals surface area contributed by atoms with Crippen LogP contribution in [0.15, 0.2) is 36.4 Å². The SMILES string of the molecule is FC(F)(F)c1ccc2c(c1)C1CNC(OCc3ccc4c(c3)OCO4)C21. The summed E-state index contributed by atoms with van der Waals surface area (Å²) in [6.07, 6.45) is -4.50. The van der Waals surface area contributed by atoms with Gasteiger partial charge >= 0.3 is 6.18 Å². The fourth-order valence-electron chi connectivity index (χ4n) is 4.05. The lowest BCUT2D eigenvalue weighted by Crippen LogP contribution is -2.32. The maximum atomic E-state index is 12.9. The zero-order valence-electron chi connectivity index (χ0n) is 13.7. The van der Waals surface area contributed by atoms with E-state index in [4.69, 9.17) is 14.2 Å². The fourth-order valence-corrected chi connectivity index (χ4v) is 4.05. The van der Waals surface area contributed by atoms with Gasteiger partial charge in [0.2, 0.25) is 6.79 Å². The third kappa shape index (κ3) is 2.46. The molecule has 1 fully saturated rings. The highest BCUT2D eigenvalue weighted by Crippen LogP contribution is 2.53. The molecular formula is C19H16F3NO3. The largest absolute Gasteiger partial charge is 0.454 e. The van der Waals surface area contributed by atoms with Gasteiger partial charge in [-0.1, -0.05) is 12.1 Å². The summed E-state index contributed by atoms with van der Waals surface area (Å²) in [5, 5.41) is 3.29. The zero-order chi connectivity index (χ0) is 17.9. The Morgan fingerprint density at radius 3 is 2.73 bits per heavy atom. The molecule has 7 heteroatoms. The molecule has 26 heavy (non-hydrogen) atoms. The van der Waals surface area contributed by atoms with Crippen molar-refractivity contribution in [1.29, 1.82) is 0 Å². The van der Waals surface area contributed by atoms with E-state index in [2.05, 4.69) is 5.32 Å². The second-order valence-corrected chi connectivity index (χ2v) is 6.80. The molecule has 1 saturated heterocycles. The summed E-state index contributed by atoms with van der Waals surface area (Å²) in [5.41, 5.74) is 2.11. The van der Waals surface area contributed by atoms with Gasteiger partial charge in [0, 0.05) is 18.4 Å². The smallest absolute Gasteiger partial charge is 0.416 e. The monoisotopic (exact) mass is 363 g/mol. The summed E-state index contributed by atoms with van der Waals surface area (Å²) in [5.74, 6) is 1.61. The zero-order valence-corrected chi connectivity index (χ0v) is 13.7. The summed E-state index contributed by atoms with van der Waals surface area (Å²) in [4.78, 5) is 0. The molecule has 3 unspecified atom stereocenters. The Morgan fingerprint density at radius 2 is 1.88 bits per heavy atom. The fraction of sp³-hybridized carbons (Fsp3) is 0.368. The molecule has 0 aromatic heterocycles. The highest BCUT2D eigenvalue weighted by atomic mass is 19.4. The van der Waals surface area contributed by atoms with E-state index in [1.54, 1.807) is 6.07 Å². The number of hydrogen-bond acceptors (Lipinski definition) is 4. The summed E-state index contributed by atoms with van der Waals surface area (Å²) >= 11 is 0. The van der Waals surface area contributed by atoms with Gasteiger partial charge in [0.05, 0.1) is 12.2 Å². The average Bonchev–Trinajstić information content (AvgIpc) is 3.20. The van der Waals surface area contributed by atoms with Crippen LogP contribution in [-0.4, -0.2) is 19.6 Å². The van der Waals surface area contributed by atoms with Crippen molar-refractivity contribution in [2.24, 2.45) is 0 Å². The van der Waals surface area contributed by atoms with E-state index in [0.29, 0.717) is 18.9 Å². The van der Waals surface area contributed by atoms with Gasteiger partial charge in [-0.3, -0.25) is 5.32 Å². The van der Waals surface area contributed by atoms with Crippen molar-refractivity contribution in [1.82, 2.24) is 5.32 Å². The number of rotatable bonds is 3. The van der Waals surface area contributed by atoms with Gasteiger partial charge in [-0.2, -0.15) is 13.2 Å². The molecule has 4 nitrogen and oxygen atoms in total. The number of alkyl halides is 3. The van der Waals surface area contributed by atoms with Crippen LogP contribution in [0.3, 0.4) is 0 Å².